The van der Waals surface area contributed by atoms with Crippen LogP contribution in [0.4, 0.5) is 14.5 Å². The Balaban J connectivity index is 1.62. The Kier molecular flexibility index (Phi) is 9.73. The van der Waals surface area contributed by atoms with Crippen LogP contribution in [0.15, 0.2) is 28.5 Å². The van der Waals surface area contributed by atoms with Crippen molar-refractivity contribution in [3.8, 4) is 5.75 Å². The molecule has 1 aliphatic carbocycles. The molecule has 43 heavy (non-hydrogen) atoms. The third kappa shape index (κ3) is 6.98. The number of aromatic carboxylic acids is 1. The Morgan fingerprint density at radius 2 is 1.91 bits per heavy atom. The Labute approximate surface area is 248 Å². The molecule has 1 saturated carbocycles. The number of methoxy groups -OCH3 is 1. The van der Waals surface area contributed by atoms with Gasteiger partial charge in [-0.15, -0.1) is 0 Å². The minimum atomic E-state index is -1.40. The zero-order valence-corrected chi connectivity index (χ0v) is 24.8. The standard InChI is InChI=1S/C30H39F2N5O6/c1-15(2)10-23(35-28(39)16(3)33)29(40)34-12-22(32)17-6-5-9-36(13-17)25-21(31)11-19-24(27(25)43-4)37(18-7-8-18)14-20(26(19)38)30(41)42/h11,14-16,18,23H,5-10,12-13,33H2,1-4H3,(H,34,40)(H,35,39)(H,41,42)/b22-17+/t16-,23-/m0/s1. The summed E-state index contributed by atoms with van der Waals surface area (Å²) in [5.41, 5.74) is 5.08. The molecule has 1 saturated heterocycles. The number of pyridine rings is 1. The topological polar surface area (TPSA) is 156 Å². The summed E-state index contributed by atoms with van der Waals surface area (Å²) in [5, 5.41) is 14.6. The van der Waals surface area contributed by atoms with Crippen molar-refractivity contribution in [2.75, 3.05) is 31.6 Å². The van der Waals surface area contributed by atoms with E-state index in [4.69, 9.17) is 10.5 Å². The summed E-state index contributed by atoms with van der Waals surface area (Å²) in [6.07, 6.45) is 4.05. The number of nitrogens with two attached hydrogens (primary N) is 1. The number of carbonyl (C=O) groups is 3. The molecule has 2 aromatic rings. The van der Waals surface area contributed by atoms with Crippen molar-refractivity contribution in [3.63, 3.8) is 0 Å². The number of carboxylic acid groups (broad SMARTS) is 1. The van der Waals surface area contributed by atoms with Crippen molar-refractivity contribution < 1.29 is 33.0 Å². The maximum atomic E-state index is 15.7. The molecule has 11 nitrogen and oxygen atoms in total. The molecule has 2 atom stereocenters. The number of hydrogen-bond acceptors (Lipinski definition) is 7. The van der Waals surface area contributed by atoms with Gasteiger partial charge in [-0.25, -0.2) is 13.6 Å². The van der Waals surface area contributed by atoms with Crippen LogP contribution < -0.4 is 31.4 Å². The van der Waals surface area contributed by atoms with Crippen LogP contribution in [0.25, 0.3) is 10.9 Å². The van der Waals surface area contributed by atoms with Gasteiger partial charge >= 0.3 is 5.97 Å². The molecule has 2 heterocycles. The summed E-state index contributed by atoms with van der Waals surface area (Å²) in [4.78, 5) is 51.3. The molecule has 0 unspecified atom stereocenters. The van der Waals surface area contributed by atoms with Crippen molar-refractivity contribution in [3.05, 3.63) is 45.3 Å². The van der Waals surface area contributed by atoms with Crippen LogP contribution in [0.1, 0.15) is 69.3 Å². The van der Waals surface area contributed by atoms with Gasteiger partial charge in [-0.05, 0) is 56.6 Å². The number of piperidine rings is 1. The fourth-order valence-electron chi connectivity index (χ4n) is 5.43. The van der Waals surface area contributed by atoms with Crippen LogP contribution in [-0.2, 0) is 9.59 Å². The van der Waals surface area contributed by atoms with Gasteiger partial charge in [0.25, 0.3) is 0 Å². The number of nitrogens with zero attached hydrogens (tertiary/aromatic N) is 2. The molecule has 1 aliphatic heterocycles. The largest absolute Gasteiger partial charge is 0.492 e. The fourth-order valence-corrected chi connectivity index (χ4v) is 5.43. The zero-order valence-electron chi connectivity index (χ0n) is 24.8. The van der Waals surface area contributed by atoms with E-state index in [1.807, 2.05) is 13.8 Å². The maximum absolute atomic E-state index is 15.7. The highest BCUT2D eigenvalue weighted by Gasteiger charge is 2.32. The quantitative estimate of drug-likeness (QED) is 0.306. The lowest BCUT2D eigenvalue weighted by Crippen LogP contribution is -2.51. The Bertz CT molecular complexity index is 1510. The number of rotatable bonds is 11. The minimum Gasteiger partial charge on any atom is -0.492 e. The molecule has 0 radical (unpaired) electrons. The number of fused-ring (bicyclic) bond motifs is 1. The molecule has 0 spiro atoms. The third-order valence-electron chi connectivity index (χ3n) is 7.73. The number of hydrogen-bond donors (Lipinski definition) is 4. The molecule has 1 aromatic carbocycles. The van der Waals surface area contributed by atoms with E-state index in [9.17, 15) is 24.3 Å². The molecule has 2 amide bonds. The number of ether oxygens (including phenoxy) is 1. The summed E-state index contributed by atoms with van der Waals surface area (Å²) in [5.74, 6) is -3.62. The lowest BCUT2D eigenvalue weighted by Gasteiger charge is -2.33. The average molecular weight is 604 g/mol. The number of halogens is 2. The van der Waals surface area contributed by atoms with Gasteiger partial charge in [0.05, 0.1) is 30.6 Å². The number of carboxylic acids is 1. The van der Waals surface area contributed by atoms with Crippen molar-refractivity contribution in [1.29, 1.82) is 0 Å². The Morgan fingerprint density at radius 1 is 1.21 bits per heavy atom. The molecular weight excluding hydrogens is 564 g/mol. The number of aromatic nitrogens is 1. The molecule has 2 fully saturated rings. The summed E-state index contributed by atoms with van der Waals surface area (Å²) < 4.78 is 38.5. The van der Waals surface area contributed by atoms with Crippen LogP contribution in [0.2, 0.25) is 0 Å². The molecule has 2 aliphatic rings. The normalized spacial score (nSPS) is 17.9. The van der Waals surface area contributed by atoms with E-state index in [-0.39, 0.29) is 35.3 Å². The predicted molar refractivity (Wildman–Crippen MR) is 158 cm³/mol. The van der Waals surface area contributed by atoms with Crippen LogP contribution in [0.3, 0.4) is 0 Å². The molecule has 13 heteroatoms. The van der Waals surface area contributed by atoms with E-state index in [1.165, 1.54) is 20.2 Å². The van der Waals surface area contributed by atoms with Crippen LogP contribution in [0, 0.1) is 11.7 Å². The average Bonchev–Trinajstić information content (AvgIpc) is 3.80. The second-order valence-electron chi connectivity index (χ2n) is 11.7. The molecule has 5 N–H and O–H groups in total. The van der Waals surface area contributed by atoms with E-state index >= 15 is 8.78 Å². The first-order chi connectivity index (χ1) is 20.3. The second kappa shape index (κ2) is 13.1. The van der Waals surface area contributed by atoms with Crippen molar-refractivity contribution in [1.82, 2.24) is 15.2 Å². The summed E-state index contributed by atoms with van der Waals surface area (Å²) in [6, 6.07) is -0.703. The smallest absolute Gasteiger partial charge is 0.341 e. The lowest BCUT2D eigenvalue weighted by molar-refractivity contribution is -0.129. The maximum Gasteiger partial charge on any atom is 0.341 e. The number of carbonyl (C=O) groups excluding carboxylic acids is 2. The Morgan fingerprint density at radius 3 is 2.49 bits per heavy atom. The first-order valence-electron chi connectivity index (χ1n) is 14.5. The van der Waals surface area contributed by atoms with Gasteiger partial charge in [0.15, 0.2) is 11.6 Å². The highest BCUT2D eigenvalue weighted by Crippen LogP contribution is 2.44. The molecule has 0 bridgehead atoms. The van der Waals surface area contributed by atoms with E-state index in [0.717, 1.165) is 18.9 Å². The van der Waals surface area contributed by atoms with Gasteiger partial charge in [0.1, 0.15) is 23.1 Å². The van der Waals surface area contributed by atoms with Crippen molar-refractivity contribution in [2.24, 2.45) is 11.7 Å². The Hall–Kier alpha value is -4.00. The van der Waals surface area contributed by atoms with Crippen LogP contribution in [0.5, 0.6) is 5.75 Å². The van der Waals surface area contributed by atoms with Crippen molar-refractivity contribution in [2.45, 2.75) is 71.0 Å². The van der Waals surface area contributed by atoms with Gasteiger partial charge in [0.2, 0.25) is 17.2 Å². The van der Waals surface area contributed by atoms with E-state index in [1.54, 1.807) is 9.47 Å². The number of benzene rings is 1. The van der Waals surface area contributed by atoms with E-state index < -0.39 is 59.0 Å². The first kappa shape index (κ1) is 31.9. The summed E-state index contributed by atoms with van der Waals surface area (Å²) in [7, 11) is 1.35. The first-order valence-corrected chi connectivity index (χ1v) is 14.5. The van der Waals surface area contributed by atoms with E-state index in [0.29, 0.717) is 36.9 Å². The number of nitrogens with one attached hydrogen (secondary N) is 2. The van der Waals surface area contributed by atoms with Gasteiger partial charge in [0, 0.05) is 25.3 Å². The SMILES string of the molecule is COc1c(N2CCC/C(=C(\F)CNC(=O)[C@H](CC(C)C)NC(=O)[C@H](C)N)C2)c(F)cc2c(=O)c(C(=O)O)cn(C3CC3)c12. The fraction of sp³-hybridized carbons (Fsp3) is 0.533. The molecule has 234 valence electrons. The highest BCUT2D eigenvalue weighted by atomic mass is 19.1. The second-order valence-corrected chi connectivity index (χ2v) is 11.7. The number of anilines is 1. The monoisotopic (exact) mass is 603 g/mol. The summed E-state index contributed by atoms with van der Waals surface area (Å²) in [6.45, 7) is 5.28. The molecule has 4 rings (SSSR count). The van der Waals surface area contributed by atoms with Gasteiger partial charge in [-0.3, -0.25) is 14.4 Å². The van der Waals surface area contributed by atoms with E-state index in [2.05, 4.69) is 10.6 Å². The third-order valence-corrected chi connectivity index (χ3v) is 7.73. The van der Waals surface area contributed by atoms with Crippen molar-refractivity contribution >= 4 is 34.4 Å². The highest BCUT2D eigenvalue weighted by molar-refractivity contribution is 5.97. The van der Waals surface area contributed by atoms with Crippen LogP contribution >= 0.6 is 0 Å². The lowest BCUT2D eigenvalue weighted by atomic mass is 10.0. The summed E-state index contributed by atoms with van der Waals surface area (Å²) >= 11 is 0. The predicted octanol–water partition coefficient (Wildman–Crippen LogP) is 3.00. The minimum absolute atomic E-state index is 0.0121. The van der Waals surface area contributed by atoms with Gasteiger partial charge in [-0.2, -0.15) is 0 Å². The zero-order chi connectivity index (χ0) is 31.6. The molecular formula is C30H39F2N5O6. The van der Waals surface area contributed by atoms with Gasteiger partial charge in [-0.1, -0.05) is 13.8 Å². The number of amides is 2. The van der Waals surface area contributed by atoms with Crippen LogP contribution in [-0.4, -0.2) is 66.3 Å². The molecule has 1 aromatic heterocycles. The van der Waals surface area contributed by atoms with Gasteiger partial charge < -0.3 is 35.7 Å².